The Hall–Kier alpha value is -2.76. The molecule has 0 fully saturated rings. The van der Waals surface area contributed by atoms with Gasteiger partial charge in [0.05, 0.1) is 14.2 Å². The van der Waals surface area contributed by atoms with Gasteiger partial charge in [-0.25, -0.2) is 4.98 Å². The number of rotatable bonds is 7. The van der Waals surface area contributed by atoms with Crippen molar-refractivity contribution < 1.29 is 14.3 Å². The molecular weight excluding hydrogens is 306 g/mol. The van der Waals surface area contributed by atoms with E-state index in [1.807, 2.05) is 0 Å². The number of hydrogen-bond donors (Lipinski definition) is 1. The molecule has 0 spiro atoms. The summed E-state index contributed by atoms with van der Waals surface area (Å²) in [5.41, 5.74) is 1.19. The lowest BCUT2D eigenvalue weighted by atomic mass is 10.2. The predicted molar refractivity (Wildman–Crippen MR) is 95.3 cm³/mol. The van der Waals surface area contributed by atoms with Gasteiger partial charge in [-0.3, -0.25) is 4.79 Å². The van der Waals surface area contributed by atoms with Crippen molar-refractivity contribution in [2.45, 2.75) is 13.8 Å². The summed E-state index contributed by atoms with van der Waals surface area (Å²) in [6, 6.07) is 8.74. The van der Waals surface area contributed by atoms with Gasteiger partial charge >= 0.3 is 0 Å². The molecule has 1 N–H and O–H groups in total. The molecule has 1 aromatic carbocycles. The highest BCUT2D eigenvalue weighted by Gasteiger charge is 2.12. The summed E-state index contributed by atoms with van der Waals surface area (Å²) in [5.74, 6) is 1.77. The first kappa shape index (κ1) is 17.6. The molecule has 1 aromatic heterocycles. The molecule has 1 heterocycles. The van der Waals surface area contributed by atoms with Crippen molar-refractivity contribution in [3.8, 4) is 11.5 Å². The van der Waals surface area contributed by atoms with Gasteiger partial charge in [0, 0.05) is 36.6 Å². The number of nitrogens with zero attached hydrogens (tertiary/aromatic N) is 2. The topological polar surface area (TPSA) is 63.7 Å². The van der Waals surface area contributed by atoms with E-state index < -0.39 is 0 Å². The minimum absolute atomic E-state index is 0.196. The van der Waals surface area contributed by atoms with Crippen LogP contribution in [0.15, 0.2) is 36.5 Å². The normalized spacial score (nSPS) is 10.2. The minimum atomic E-state index is -0.196. The Balaban J connectivity index is 2.19. The van der Waals surface area contributed by atoms with Crippen molar-refractivity contribution in [1.29, 1.82) is 0 Å². The summed E-state index contributed by atoms with van der Waals surface area (Å²) >= 11 is 0. The zero-order valence-electron chi connectivity index (χ0n) is 14.5. The third-order valence-corrected chi connectivity index (χ3v) is 3.74. The van der Waals surface area contributed by atoms with Crippen LogP contribution >= 0.6 is 0 Å². The van der Waals surface area contributed by atoms with Crippen LogP contribution in [0.1, 0.15) is 24.2 Å². The first-order chi connectivity index (χ1) is 11.6. The van der Waals surface area contributed by atoms with E-state index in [-0.39, 0.29) is 5.91 Å². The van der Waals surface area contributed by atoms with Gasteiger partial charge < -0.3 is 19.7 Å². The average molecular weight is 329 g/mol. The zero-order chi connectivity index (χ0) is 17.5. The summed E-state index contributed by atoms with van der Waals surface area (Å²) in [7, 11) is 3.13. The lowest BCUT2D eigenvalue weighted by Gasteiger charge is -2.20. The van der Waals surface area contributed by atoms with Crippen molar-refractivity contribution in [3.05, 3.63) is 42.1 Å². The molecule has 0 saturated heterocycles. The van der Waals surface area contributed by atoms with Gasteiger partial charge in [0.25, 0.3) is 5.91 Å². The second-order valence-corrected chi connectivity index (χ2v) is 5.10. The molecule has 24 heavy (non-hydrogen) atoms. The molecule has 6 nitrogen and oxygen atoms in total. The third kappa shape index (κ3) is 3.95. The first-order valence-electron chi connectivity index (χ1n) is 7.87. The molecule has 0 bridgehead atoms. The maximum Gasteiger partial charge on any atom is 0.255 e. The fourth-order valence-electron chi connectivity index (χ4n) is 2.40. The second-order valence-electron chi connectivity index (χ2n) is 5.10. The maximum atomic E-state index is 12.5. The summed E-state index contributed by atoms with van der Waals surface area (Å²) < 4.78 is 10.4. The lowest BCUT2D eigenvalue weighted by Crippen LogP contribution is -2.23. The molecule has 0 aliphatic carbocycles. The van der Waals surface area contributed by atoms with E-state index >= 15 is 0 Å². The maximum absolute atomic E-state index is 12.5. The minimum Gasteiger partial charge on any atom is -0.493 e. The number of amides is 1. The summed E-state index contributed by atoms with van der Waals surface area (Å²) in [4.78, 5) is 18.9. The van der Waals surface area contributed by atoms with E-state index in [1.54, 1.807) is 50.7 Å². The van der Waals surface area contributed by atoms with Crippen LogP contribution in [0, 0.1) is 0 Å². The highest BCUT2D eigenvalue weighted by atomic mass is 16.5. The van der Waals surface area contributed by atoms with Crippen LogP contribution in [0.4, 0.5) is 11.5 Å². The number of hydrogen-bond acceptors (Lipinski definition) is 5. The molecule has 128 valence electrons. The Kier molecular flexibility index (Phi) is 6.01. The van der Waals surface area contributed by atoms with Gasteiger partial charge in [-0.1, -0.05) is 0 Å². The van der Waals surface area contributed by atoms with Gasteiger partial charge in [0.1, 0.15) is 5.82 Å². The van der Waals surface area contributed by atoms with Gasteiger partial charge in [0.15, 0.2) is 11.5 Å². The third-order valence-electron chi connectivity index (χ3n) is 3.74. The Bertz CT molecular complexity index is 700. The van der Waals surface area contributed by atoms with Crippen LogP contribution in [0.5, 0.6) is 11.5 Å². The molecule has 2 aromatic rings. The number of aromatic nitrogens is 1. The SMILES string of the molecule is CCN(CC)c1cc(C(=O)Nc2ccc(OC)c(OC)c2)ccn1. The van der Waals surface area contributed by atoms with E-state index in [2.05, 4.69) is 29.0 Å². The van der Waals surface area contributed by atoms with Gasteiger partial charge in [-0.05, 0) is 38.1 Å². The van der Waals surface area contributed by atoms with Crippen molar-refractivity contribution in [1.82, 2.24) is 4.98 Å². The van der Waals surface area contributed by atoms with E-state index in [0.717, 1.165) is 18.9 Å². The van der Waals surface area contributed by atoms with E-state index in [0.29, 0.717) is 22.7 Å². The van der Waals surface area contributed by atoms with Crippen molar-refractivity contribution in [2.24, 2.45) is 0 Å². The quantitative estimate of drug-likeness (QED) is 0.845. The molecule has 2 rings (SSSR count). The molecule has 0 radical (unpaired) electrons. The van der Waals surface area contributed by atoms with E-state index in [9.17, 15) is 4.79 Å². The van der Waals surface area contributed by atoms with Crippen LogP contribution in [-0.2, 0) is 0 Å². The van der Waals surface area contributed by atoms with Crippen LogP contribution in [0.3, 0.4) is 0 Å². The number of benzene rings is 1. The summed E-state index contributed by atoms with van der Waals surface area (Å²) in [6.07, 6.45) is 1.65. The predicted octanol–water partition coefficient (Wildman–Crippen LogP) is 3.20. The first-order valence-corrected chi connectivity index (χ1v) is 7.87. The fourth-order valence-corrected chi connectivity index (χ4v) is 2.40. The molecule has 1 amide bonds. The van der Waals surface area contributed by atoms with Crippen LogP contribution < -0.4 is 19.7 Å². The average Bonchev–Trinajstić information content (AvgIpc) is 2.63. The number of nitrogens with one attached hydrogen (secondary N) is 1. The number of ether oxygens (including phenoxy) is 2. The number of anilines is 2. The zero-order valence-corrected chi connectivity index (χ0v) is 14.5. The van der Waals surface area contributed by atoms with Gasteiger partial charge in [0.2, 0.25) is 0 Å². The Morgan fingerprint density at radius 3 is 2.42 bits per heavy atom. The largest absolute Gasteiger partial charge is 0.493 e. The van der Waals surface area contributed by atoms with Crippen molar-refractivity contribution in [3.63, 3.8) is 0 Å². The highest BCUT2D eigenvalue weighted by Crippen LogP contribution is 2.30. The number of carbonyl (C=O) groups is 1. The number of pyridine rings is 1. The number of methoxy groups -OCH3 is 2. The molecular formula is C18H23N3O3. The van der Waals surface area contributed by atoms with Crippen molar-refractivity contribution >= 4 is 17.4 Å². The monoisotopic (exact) mass is 329 g/mol. The molecule has 0 unspecified atom stereocenters. The molecule has 6 heteroatoms. The standard InChI is InChI=1S/C18H23N3O3/c1-5-21(6-2)17-11-13(9-10-19-17)18(22)20-14-7-8-15(23-3)16(12-14)24-4/h7-12H,5-6H2,1-4H3,(H,20,22). The lowest BCUT2D eigenvalue weighted by molar-refractivity contribution is 0.102. The number of carbonyl (C=O) groups excluding carboxylic acids is 1. The summed E-state index contributed by atoms with van der Waals surface area (Å²) in [6.45, 7) is 5.79. The van der Waals surface area contributed by atoms with Crippen LogP contribution in [0.25, 0.3) is 0 Å². The molecule has 0 atom stereocenters. The van der Waals surface area contributed by atoms with Crippen LogP contribution in [-0.4, -0.2) is 38.2 Å². The van der Waals surface area contributed by atoms with E-state index in [4.69, 9.17) is 9.47 Å². The summed E-state index contributed by atoms with van der Waals surface area (Å²) in [5, 5.41) is 2.87. The Labute approximate surface area is 142 Å². The van der Waals surface area contributed by atoms with Gasteiger partial charge in [-0.15, -0.1) is 0 Å². The molecule has 0 aliphatic rings. The Morgan fingerprint density at radius 2 is 1.79 bits per heavy atom. The van der Waals surface area contributed by atoms with Gasteiger partial charge in [-0.2, -0.15) is 0 Å². The molecule has 0 aliphatic heterocycles. The smallest absolute Gasteiger partial charge is 0.255 e. The Morgan fingerprint density at radius 1 is 1.08 bits per heavy atom. The molecule has 0 saturated carbocycles. The van der Waals surface area contributed by atoms with E-state index in [1.165, 1.54) is 0 Å². The van der Waals surface area contributed by atoms with Crippen molar-refractivity contribution in [2.75, 3.05) is 37.5 Å². The fraction of sp³-hybridized carbons (Fsp3) is 0.333. The highest BCUT2D eigenvalue weighted by molar-refractivity contribution is 6.04. The second kappa shape index (κ2) is 8.19. The van der Waals surface area contributed by atoms with Crippen LogP contribution in [0.2, 0.25) is 0 Å².